The number of hydrogen-bond donors (Lipinski definition) is 0. The lowest BCUT2D eigenvalue weighted by Crippen LogP contribution is -1.86. The van der Waals surface area contributed by atoms with Crippen molar-refractivity contribution in [3.8, 4) is 17.2 Å². The quantitative estimate of drug-likeness (QED) is 0.748. The Morgan fingerprint density at radius 3 is 2.75 bits per heavy atom. The molecule has 0 saturated heterocycles. The zero-order chi connectivity index (χ0) is 11.5. The summed E-state index contributed by atoms with van der Waals surface area (Å²) in [4.78, 5) is 4.11. The molecule has 0 N–H and O–H groups in total. The molecule has 1 aromatic heterocycles. The number of aryl methyl sites for hydroxylation is 1. The van der Waals surface area contributed by atoms with E-state index in [-0.39, 0.29) is 0 Å². The van der Waals surface area contributed by atoms with Crippen molar-refractivity contribution in [2.24, 2.45) is 0 Å². The molecule has 16 heavy (non-hydrogen) atoms. The number of rotatable bonds is 1. The van der Waals surface area contributed by atoms with Gasteiger partial charge in [0.05, 0.1) is 11.6 Å². The maximum Gasteiger partial charge on any atom is 0.0998 e. The Labute approximate surface area is 99.1 Å². The average Bonchev–Trinajstić information content (AvgIpc) is 2.29. The van der Waals surface area contributed by atoms with Crippen LogP contribution < -0.4 is 0 Å². The topological polar surface area (TPSA) is 36.7 Å². The Hall–Kier alpha value is -1.85. The van der Waals surface area contributed by atoms with Crippen molar-refractivity contribution in [1.29, 1.82) is 5.26 Å². The third kappa shape index (κ3) is 2.05. The van der Waals surface area contributed by atoms with Gasteiger partial charge in [-0.05, 0) is 36.8 Å². The molecule has 1 heterocycles. The van der Waals surface area contributed by atoms with Gasteiger partial charge in [-0.1, -0.05) is 11.6 Å². The molecule has 3 heteroatoms. The van der Waals surface area contributed by atoms with Crippen LogP contribution in [0.5, 0.6) is 0 Å². The second-order valence-electron chi connectivity index (χ2n) is 3.55. The summed E-state index contributed by atoms with van der Waals surface area (Å²) in [6.45, 7) is 1.97. The van der Waals surface area contributed by atoms with Crippen LogP contribution in [0.25, 0.3) is 11.1 Å². The molecule has 2 nitrogen and oxygen atoms in total. The van der Waals surface area contributed by atoms with Gasteiger partial charge in [0.1, 0.15) is 0 Å². The van der Waals surface area contributed by atoms with E-state index in [9.17, 15) is 0 Å². The number of halogens is 1. The fraction of sp³-hybridized carbons (Fsp3) is 0.0769. The van der Waals surface area contributed by atoms with Crippen LogP contribution in [0.1, 0.15) is 11.1 Å². The van der Waals surface area contributed by atoms with Crippen molar-refractivity contribution in [2.75, 3.05) is 0 Å². The molecule has 0 amide bonds. The Morgan fingerprint density at radius 1 is 1.25 bits per heavy atom. The summed E-state index contributed by atoms with van der Waals surface area (Å²) < 4.78 is 0. The molecule has 0 aliphatic heterocycles. The Kier molecular flexibility index (Phi) is 2.89. The summed E-state index contributed by atoms with van der Waals surface area (Å²) in [6, 6.07) is 9.37. The van der Waals surface area contributed by atoms with Gasteiger partial charge in [-0.2, -0.15) is 5.26 Å². The van der Waals surface area contributed by atoms with Crippen LogP contribution in [0.2, 0.25) is 5.02 Å². The number of hydrogen-bond acceptors (Lipinski definition) is 2. The molecule has 1 aromatic carbocycles. The highest BCUT2D eigenvalue weighted by molar-refractivity contribution is 6.30. The molecular formula is C13H9ClN2. The van der Waals surface area contributed by atoms with Crippen molar-refractivity contribution in [3.63, 3.8) is 0 Å². The third-order valence-electron chi connectivity index (χ3n) is 2.29. The van der Waals surface area contributed by atoms with Crippen LogP contribution in [0.15, 0.2) is 36.7 Å². The molecule has 0 unspecified atom stereocenters. The SMILES string of the molecule is Cc1cncc(-c2cc(Cl)ccc2C#N)c1. The maximum absolute atomic E-state index is 9.03. The molecule has 0 saturated carbocycles. The highest BCUT2D eigenvalue weighted by atomic mass is 35.5. The number of nitrogens with zero attached hydrogens (tertiary/aromatic N) is 2. The lowest BCUT2D eigenvalue weighted by atomic mass is 10.0. The minimum atomic E-state index is 0.608. The first-order chi connectivity index (χ1) is 7.70. The normalized spacial score (nSPS) is 9.81. The standard InChI is InChI=1S/C13H9ClN2/c1-9-4-11(8-16-7-9)13-5-12(14)3-2-10(13)6-15/h2-5,7-8H,1H3. The van der Waals surface area contributed by atoms with Crippen LogP contribution >= 0.6 is 11.6 Å². The van der Waals surface area contributed by atoms with Gasteiger partial charge < -0.3 is 0 Å². The summed E-state index contributed by atoms with van der Waals surface area (Å²) in [5, 5.41) is 9.65. The van der Waals surface area contributed by atoms with Gasteiger partial charge in [0, 0.05) is 28.5 Å². The molecule has 0 bridgehead atoms. The zero-order valence-corrected chi connectivity index (χ0v) is 9.49. The number of aromatic nitrogens is 1. The van der Waals surface area contributed by atoms with E-state index in [1.807, 2.05) is 13.0 Å². The van der Waals surface area contributed by atoms with E-state index in [2.05, 4.69) is 11.1 Å². The summed E-state index contributed by atoms with van der Waals surface area (Å²) in [6.07, 6.45) is 3.51. The first kappa shape index (κ1) is 10.7. The van der Waals surface area contributed by atoms with Crippen LogP contribution in [0.3, 0.4) is 0 Å². The molecule has 0 spiro atoms. The van der Waals surface area contributed by atoms with Crippen molar-refractivity contribution < 1.29 is 0 Å². The predicted molar refractivity (Wildman–Crippen MR) is 64.1 cm³/mol. The Morgan fingerprint density at radius 2 is 2.06 bits per heavy atom. The van der Waals surface area contributed by atoms with Crippen molar-refractivity contribution in [3.05, 3.63) is 52.8 Å². The molecule has 0 aliphatic rings. The van der Waals surface area contributed by atoms with E-state index < -0.39 is 0 Å². The Bertz CT molecular complexity index is 570. The summed E-state index contributed by atoms with van der Waals surface area (Å²) in [7, 11) is 0. The first-order valence-electron chi connectivity index (χ1n) is 4.82. The summed E-state index contributed by atoms with van der Waals surface area (Å²) in [5.41, 5.74) is 3.41. The first-order valence-corrected chi connectivity index (χ1v) is 5.20. The molecule has 0 radical (unpaired) electrons. The van der Waals surface area contributed by atoms with E-state index in [1.165, 1.54) is 0 Å². The van der Waals surface area contributed by atoms with E-state index in [4.69, 9.17) is 16.9 Å². The number of pyridine rings is 1. The van der Waals surface area contributed by atoms with Crippen LogP contribution in [0, 0.1) is 18.3 Å². The van der Waals surface area contributed by atoms with Gasteiger partial charge in [-0.3, -0.25) is 4.98 Å². The monoisotopic (exact) mass is 228 g/mol. The smallest absolute Gasteiger partial charge is 0.0998 e. The predicted octanol–water partition coefficient (Wildman–Crippen LogP) is 3.58. The minimum absolute atomic E-state index is 0.608. The number of benzene rings is 1. The average molecular weight is 229 g/mol. The molecular weight excluding hydrogens is 220 g/mol. The van der Waals surface area contributed by atoms with E-state index in [1.54, 1.807) is 30.6 Å². The van der Waals surface area contributed by atoms with Crippen molar-refractivity contribution in [2.45, 2.75) is 6.92 Å². The van der Waals surface area contributed by atoms with Crippen LogP contribution in [-0.2, 0) is 0 Å². The lowest BCUT2D eigenvalue weighted by Gasteiger charge is -2.05. The molecule has 0 aliphatic carbocycles. The summed E-state index contributed by atoms with van der Waals surface area (Å²) >= 11 is 5.93. The van der Waals surface area contributed by atoms with Gasteiger partial charge in [0.15, 0.2) is 0 Å². The van der Waals surface area contributed by atoms with E-state index in [0.29, 0.717) is 10.6 Å². The zero-order valence-electron chi connectivity index (χ0n) is 8.74. The van der Waals surface area contributed by atoms with Gasteiger partial charge >= 0.3 is 0 Å². The van der Waals surface area contributed by atoms with Crippen LogP contribution in [-0.4, -0.2) is 4.98 Å². The molecule has 2 rings (SSSR count). The molecule has 0 atom stereocenters. The van der Waals surface area contributed by atoms with E-state index >= 15 is 0 Å². The highest BCUT2D eigenvalue weighted by Gasteiger charge is 2.06. The third-order valence-corrected chi connectivity index (χ3v) is 2.52. The Balaban J connectivity index is 2.64. The largest absolute Gasteiger partial charge is 0.264 e. The number of nitriles is 1. The fourth-order valence-corrected chi connectivity index (χ4v) is 1.73. The fourth-order valence-electron chi connectivity index (χ4n) is 1.56. The van der Waals surface area contributed by atoms with Gasteiger partial charge in [0.25, 0.3) is 0 Å². The molecule has 78 valence electrons. The van der Waals surface area contributed by atoms with Crippen molar-refractivity contribution >= 4 is 11.6 Å². The van der Waals surface area contributed by atoms with Crippen LogP contribution in [0.4, 0.5) is 0 Å². The van der Waals surface area contributed by atoms with Gasteiger partial charge in [-0.15, -0.1) is 0 Å². The van der Waals surface area contributed by atoms with Gasteiger partial charge in [-0.25, -0.2) is 0 Å². The van der Waals surface area contributed by atoms with Gasteiger partial charge in [0.2, 0.25) is 0 Å². The van der Waals surface area contributed by atoms with Crippen molar-refractivity contribution in [1.82, 2.24) is 4.98 Å². The lowest BCUT2D eigenvalue weighted by molar-refractivity contribution is 1.27. The second-order valence-corrected chi connectivity index (χ2v) is 3.99. The second kappa shape index (κ2) is 4.34. The summed E-state index contributed by atoms with van der Waals surface area (Å²) in [5.74, 6) is 0. The highest BCUT2D eigenvalue weighted by Crippen LogP contribution is 2.26. The van der Waals surface area contributed by atoms with E-state index in [0.717, 1.165) is 16.7 Å². The molecule has 0 fully saturated rings. The minimum Gasteiger partial charge on any atom is -0.264 e. The maximum atomic E-state index is 9.03. The molecule has 2 aromatic rings.